The van der Waals surface area contributed by atoms with Gasteiger partial charge in [0.05, 0.1) is 0 Å². The molecular formula is C10H21N3. The van der Waals surface area contributed by atoms with Gasteiger partial charge in [-0.1, -0.05) is 6.08 Å². The highest BCUT2D eigenvalue weighted by Gasteiger charge is 2.19. The second-order valence-corrected chi connectivity index (χ2v) is 3.77. The minimum atomic E-state index is 0.516. The summed E-state index contributed by atoms with van der Waals surface area (Å²) in [4.78, 5) is 4.79. The van der Waals surface area contributed by atoms with E-state index in [0.717, 1.165) is 26.2 Å². The molecule has 1 aliphatic heterocycles. The molecule has 0 radical (unpaired) electrons. The van der Waals surface area contributed by atoms with Gasteiger partial charge in [-0.05, 0) is 26.6 Å². The van der Waals surface area contributed by atoms with Crippen molar-refractivity contribution < 1.29 is 0 Å². The van der Waals surface area contributed by atoms with Gasteiger partial charge in [0.25, 0.3) is 0 Å². The van der Waals surface area contributed by atoms with E-state index < -0.39 is 0 Å². The molecule has 0 saturated carbocycles. The lowest BCUT2D eigenvalue weighted by molar-refractivity contribution is 0.222. The molecule has 1 aliphatic rings. The molecule has 1 unspecified atom stereocenters. The molecule has 0 aromatic heterocycles. The molecule has 0 aromatic carbocycles. The van der Waals surface area contributed by atoms with Gasteiger partial charge < -0.3 is 10.6 Å². The van der Waals surface area contributed by atoms with Crippen LogP contribution in [0.1, 0.15) is 6.42 Å². The molecule has 0 spiro atoms. The summed E-state index contributed by atoms with van der Waals surface area (Å²) >= 11 is 0. The van der Waals surface area contributed by atoms with Crippen molar-refractivity contribution >= 4 is 0 Å². The SMILES string of the molecule is C=CCN1CCCN(C)C(CN)C1. The summed E-state index contributed by atoms with van der Waals surface area (Å²) in [5.74, 6) is 0. The molecule has 0 bridgehead atoms. The van der Waals surface area contributed by atoms with E-state index in [1.807, 2.05) is 6.08 Å². The first kappa shape index (κ1) is 10.7. The van der Waals surface area contributed by atoms with Crippen LogP contribution in [0.2, 0.25) is 0 Å². The first-order chi connectivity index (χ1) is 6.27. The van der Waals surface area contributed by atoms with E-state index in [1.54, 1.807) is 0 Å². The van der Waals surface area contributed by atoms with E-state index in [2.05, 4.69) is 23.4 Å². The van der Waals surface area contributed by atoms with Gasteiger partial charge in [0, 0.05) is 25.7 Å². The summed E-state index contributed by atoms with van der Waals surface area (Å²) in [7, 11) is 2.16. The normalized spacial score (nSPS) is 27.1. The van der Waals surface area contributed by atoms with Crippen molar-refractivity contribution in [3.05, 3.63) is 12.7 Å². The third kappa shape index (κ3) is 3.10. The van der Waals surface area contributed by atoms with Gasteiger partial charge >= 0.3 is 0 Å². The maximum Gasteiger partial charge on any atom is 0.0342 e. The van der Waals surface area contributed by atoms with Crippen molar-refractivity contribution in [3.63, 3.8) is 0 Å². The van der Waals surface area contributed by atoms with Gasteiger partial charge in [-0.25, -0.2) is 0 Å². The molecule has 1 saturated heterocycles. The Hall–Kier alpha value is -0.380. The predicted octanol–water partition coefficient (Wildman–Crippen LogP) is 0.137. The zero-order valence-corrected chi connectivity index (χ0v) is 8.58. The van der Waals surface area contributed by atoms with Crippen LogP contribution in [0.15, 0.2) is 12.7 Å². The Labute approximate surface area is 81.2 Å². The van der Waals surface area contributed by atoms with Crippen LogP contribution in [0.5, 0.6) is 0 Å². The van der Waals surface area contributed by atoms with Gasteiger partial charge in [-0.2, -0.15) is 0 Å². The van der Waals surface area contributed by atoms with Crippen LogP contribution in [0.4, 0.5) is 0 Å². The van der Waals surface area contributed by atoms with Gasteiger partial charge in [0.15, 0.2) is 0 Å². The lowest BCUT2D eigenvalue weighted by Gasteiger charge is -2.27. The fourth-order valence-corrected chi connectivity index (χ4v) is 1.86. The third-order valence-electron chi connectivity index (χ3n) is 2.74. The molecule has 0 aliphatic carbocycles. The second kappa shape index (κ2) is 5.37. The minimum absolute atomic E-state index is 0.516. The molecular weight excluding hydrogens is 162 g/mol. The molecule has 3 heteroatoms. The van der Waals surface area contributed by atoms with Crippen LogP contribution < -0.4 is 5.73 Å². The van der Waals surface area contributed by atoms with Gasteiger partial charge in [-0.15, -0.1) is 6.58 Å². The van der Waals surface area contributed by atoms with Crippen LogP contribution in [-0.2, 0) is 0 Å². The lowest BCUT2D eigenvalue weighted by Crippen LogP contribution is -2.43. The highest BCUT2D eigenvalue weighted by Crippen LogP contribution is 2.06. The average molecular weight is 183 g/mol. The Bertz CT molecular complexity index is 158. The monoisotopic (exact) mass is 183 g/mol. The van der Waals surface area contributed by atoms with Crippen LogP contribution in [0, 0.1) is 0 Å². The smallest absolute Gasteiger partial charge is 0.0342 e. The maximum absolute atomic E-state index is 5.73. The van der Waals surface area contributed by atoms with Crippen molar-refractivity contribution in [2.45, 2.75) is 12.5 Å². The van der Waals surface area contributed by atoms with E-state index in [4.69, 9.17) is 5.73 Å². The van der Waals surface area contributed by atoms with Crippen molar-refractivity contribution in [2.24, 2.45) is 5.73 Å². The lowest BCUT2D eigenvalue weighted by atomic mass is 10.2. The van der Waals surface area contributed by atoms with Crippen molar-refractivity contribution in [1.29, 1.82) is 0 Å². The maximum atomic E-state index is 5.73. The first-order valence-corrected chi connectivity index (χ1v) is 5.01. The first-order valence-electron chi connectivity index (χ1n) is 5.01. The molecule has 0 amide bonds. The van der Waals surface area contributed by atoms with Crippen LogP contribution in [-0.4, -0.2) is 55.6 Å². The Balaban J connectivity index is 2.47. The summed E-state index contributed by atoms with van der Waals surface area (Å²) in [6.45, 7) is 8.93. The summed E-state index contributed by atoms with van der Waals surface area (Å²) in [6.07, 6.45) is 3.21. The quantitative estimate of drug-likeness (QED) is 0.632. The molecule has 3 nitrogen and oxygen atoms in total. The Morgan fingerprint density at radius 1 is 1.54 bits per heavy atom. The molecule has 2 N–H and O–H groups in total. The van der Waals surface area contributed by atoms with Crippen molar-refractivity contribution in [2.75, 3.05) is 39.8 Å². The van der Waals surface area contributed by atoms with E-state index in [9.17, 15) is 0 Å². The summed E-state index contributed by atoms with van der Waals surface area (Å²) in [6, 6.07) is 0.516. The number of nitrogens with two attached hydrogens (primary N) is 1. The van der Waals surface area contributed by atoms with Crippen LogP contribution >= 0.6 is 0 Å². The molecule has 0 aromatic rings. The number of likely N-dealkylation sites (N-methyl/N-ethyl adjacent to an activating group) is 1. The predicted molar refractivity (Wildman–Crippen MR) is 56.7 cm³/mol. The summed E-state index contributed by atoms with van der Waals surface area (Å²) < 4.78 is 0. The highest BCUT2D eigenvalue weighted by atomic mass is 15.2. The zero-order valence-electron chi connectivity index (χ0n) is 8.58. The van der Waals surface area contributed by atoms with Crippen LogP contribution in [0.25, 0.3) is 0 Å². The molecule has 1 fully saturated rings. The number of hydrogen-bond donors (Lipinski definition) is 1. The third-order valence-corrected chi connectivity index (χ3v) is 2.74. The number of nitrogens with zero attached hydrogens (tertiary/aromatic N) is 2. The minimum Gasteiger partial charge on any atom is -0.329 e. The van der Waals surface area contributed by atoms with E-state index in [0.29, 0.717) is 6.04 Å². The second-order valence-electron chi connectivity index (χ2n) is 3.77. The zero-order chi connectivity index (χ0) is 9.68. The topological polar surface area (TPSA) is 32.5 Å². The number of rotatable bonds is 3. The molecule has 1 heterocycles. The largest absolute Gasteiger partial charge is 0.329 e. The van der Waals surface area contributed by atoms with Crippen molar-refractivity contribution in [3.8, 4) is 0 Å². The van der Waals surface area contributed by atoms with Crippen LogP contribution in [0.3, 0.4) is 0 Å². The standard InChI is InChI=1S/C10H21N3/c1-3-5-13-7-4-6-12(2)10(8-11)9-13/h3,10H,1,4-9,11H2,2H3. The summed E-state index contributed by atoms with van der Waals surface area (Å²) in [5, 5.41) is 0. The Morgan fingerprint density at radius 2 is 2.31 bits per heavy atom. The fraction of sp³-hybridized carbons (Fsp3) is 0.800. The molecule has 1 rings (SSSR count). The van der Waals surface area contributed by atoms with E-state index >= 15 is 0 Å². The summed E-state index contributed by atoms with van der Waals surface area (Å²) in [5.41, 5.74) is 5.73. The average Bonchev–Trinajstić information content (AvgIpc) is 2.29. The van der Waals surface area contributed by atoms with Gasteiger partial charge in [0.1, 0.15) is 0 Å². The van der Waals surface area contributed by atoms with Gasteiger partial charge in [0.2, 0.25) is 0 Å². The molecule has 13 heavy (non-hydrogen) atoms. The van der Waals surface area contributed by atoms with E-state index in [-0.39, 0.29) is 0 Å². The molecule has 76 valence electrons. The van der Waals surface area contributed by atoms with Crippen molar-refractivity contribution in [1.82, 2.24) is 9.80 Å². The van der Waals surface area contributed by atoms with Gasteiger partial charge in [-0.3, -0.25) is 4.90 Å². The van der Waals surface area contributed by atoms with E-state index in [1.165, 1.54) is 13.0 Å². The Kier molecular flexibility index (Phi) is 4.42. The highest BCUT2D eigenvalue weighted by molar-refractivity contribution is 4.82. The fourth-order valence-electron chi connectivity index (χ4n) is 1.86. The Morgan fingerprint density at radius 3 is 2.92 bits per heavy atom. The molecule has 1 atom stereocenters. The number of hydrogen-bond acceptors (Lipinski definition) is 3.